The third-order valence-corrected chi connectivity index (χ3v) is 5.03. The molecule has 122 valence electrons. The largest absolute Gasteiger partial charge is 0.487 e. The SMILES string of the molecule is C[C@H]1CCCC[C@@H]1NC(=O)c1cccc(OCc2cscn2)c1. The number of thiazole rings is 1. The van der Waals surface area contributed by atoms with Gasteiger partial charge in [-0.3, -0.25) is 4.79 Å². The lowest BCUT2D eigenvalue weighted by atomic mass is 9.86. The van der Waals surface area contributed by atoms with Gasteiger partial charge in [-0.05, 0) is 37.0 Å². The van der Waals surface area contributed by atoms with Crippen molar-refractivity contribution < 1.29 is 9.53 Å². The first-order valence-electron chi connectivity index (χ1n) is 8.13. The van der Waals surface area contributed by atoms with Crippen LogP contribution in [0.5, 0.6) is 5.75 Å². The number of aromatic nitrogens is 1. The number of hydrogen-bond acceptors (Lipinski definition) is 4. The Labute approximate surface area is 140 Å². The molecule has 23 heavy (non-hydrogen) atoms. The fourth-order valence-electron chi connectivity index (χ4n) is 2.98. The quantitative estimate of drug-likeness (QED) is 0.900. The van der Waals surface area contributed by atoms with Gasteiger partial charge >= 0.3 is 0 Å². The monoisotopic (exact) mass is 330 g/mol. The number of benzene rings is 1. The van der Waals surface area contributed by atoms with Gasteiger partial charge in [-0.25, -0.2) is 4.98 Å². The van der Waals surface area contributed by atoms with Gasteiger partial charge in [-0.2, -0.15) is 0 Å². The first-order valence-corrected chi connectivity index (χ1v) is 9.07. The number of carbonyl (C=O) groups is 1. The third kappa shape index (κ3) is 4.32. The Balaban J connectivity index is 1.60. The van der Waals surface area contributed by atoms with E-state index in [0.29, 0.717) is 23.8 Å². The van der Waals surface area contributed by atoms with Crippen LogP contribution in [-0.4, -0.2) is 16.9 Å². The number of amides is 1. The lowest BCUT2D eigenvalue weighted by Crippen LogP contribution is -2.41. The van der Waals surface area contributed by atoms with Gasteiger partial charge < -0.3 is 10.1 Å². The highest BCUT2D eigenvalue weighted by atomic mass is 32.1. The van der Waals surface area contributed by atoms with E-state index in [-0.39, 0.29) is 11.9 Å². The molecular weight excluding hydrogens is 308 g/mol. The molecule has 5 heteroatoms. The van der Waals surface area contributed by atoms with Crippen LogP contribution in [0.25, 0.3) is 0 Å². The van der Waals surface area contributed by atoms with Crippen LogP contribution >= 0.6 is 11.3 Å². The fraction of sp³-hybridized carbons (Fsp3) is 0.444. The summed E-state index contributed by atoms with van der Waals surface area (Å²) in [5, 5.41) is 5.14. The summed E-state index contributed by atoms with van der Waals surface area (Å²) in [6, 6.07) is 7.64. The molecule has 1 aromatic heterocycles. The maximum Gasteiger partial charge on any atom is 0.251 e. The Morgan fingerprint density at radius 1 is 1.39 bits per heavy atom. The summed E-state index contributed by atoms with van der Waals surface area (Å²) in [5.41, 5.74) is 3.34. The topological polar surface area (TPSA) is 51.2 Å². The first kappa shape index (κ1) is 16.0. The predicted octanol–water partition coefficient (Wildman–Crippen LogP) is 4.03. The summed E-state index contributed by atoms with van der Waals surface area (Å²) in [6.07, 6.45) is 4.74. The number of nitrogens with one attached hydrogen (secondary N) is 1. The Morgan fingerprint density at radius 2 is 2.26 bits per heavy atom. The highest BCUT2D eigenvalue weighted by Crippen LogP contribution is 2.24. The van der Waals surface area contributed by atoms with Crippen molar-refractivity contribution in [2.45, 2.75) is 45.3 Å². The highest BCUT2D eigenvalue weighted by Gasteiger charge is 2.23. The molecule has 2 atom stereocenters. The van der Waals surface area contributed by atoms with Crippen LogP contribution in [0.2, 0.25) is 0 Å². The summed E-state index contributed by atoms with van der Waals surface area (Å²) in [6.45, 7) is 2.64. The van der Waals surface area contributed by atoms with E-state index in [1.165, 1.54) is 19.3 Å². The molecule has 1 N–H and O–H groups in total. The van der Waals surface area contributed by atoms with Crippen LogP contribution in [0.15, 0.2) is 35.2 Å². The van der Waals surface area contributed by atoms with Crippen molar-refractivity contribution in [3.8, 4) is 5.75 Å². The number of carbonyl (C=O) groups excluding carboxylic acids is 1. The zero-order valence-electron chi connectivity index (χ0n) is 13.3. The zero-order valence-corrected chi connectivity index (χ0v) is 14.1. The second-order valence-electron chi connectivity index (χ2n) is 6.14. The molecule has 1 aliphatic carbocycles. The number of rotatable bonds is 5. The van der Waals surface area contributed by atoms with Gasteiger partial charge in [-0.15, -0.1) is 11.3 Å². The molecule has 0 saturated heterocycles. The minimum absolute atomic E-state index is 0.0112. The molecule has 4 nitrogen and oxygen atoms in total. The van der Waals surface area contributed by atoms with Gasteiger partial charge in [0.2, 0.25) is 0 Å². The minimum Gasteiger partial charge on any atom is -0.487 e. The van der Waals surface area contributed by atoms with Crippen LogP contribution < -0.4 is 10.1 Å². The van der Waals surface area contributed by atoms with Crippen LogP contribution in [0, 0.1) is 5.92 Å². The van der Waals surface area contributed by atoms with E-state index in [0.717, 1.165) is 12.1 Å². The molecule has 1 amide bonds. The Kier molecular flexibility index (Phi) is 5.28. The van der Waals surface area contributed by atoms with Gasteiger partial charge in [0.15, 0.2) is 0 Å². The van der Waals surface area contributed by atoms with E-state index in [4.69, 9.17) is 4.74 Å². The zero-order chi connectivity index (χ0) is 16.1. The smallest absolute Gasteiger partial charge is 0.251 e. The summed E-state index contributed by atoms with van der Waals surface area (Å²) in [5.74, 6) is 1.24. The minimum atomic E-state index is -0.0112. The highest BCUT2D eigenvalue weighted by molar-refractivity contribution is 7.07. The van der Waals surface area contributed by atoms with E-state index in [2.05, 4.69) is 17.2 Å². The molecule has 0 unspecified atom stereocenters. The molecule has 3 rings (SSSR count). The van der Waals surface area contributed by atoms with Crippen molar-refractivity contribution in [1.29, 1.82) is 0 Å². The standard InChI is InChI=1S/C18H22N2O2S/c1-13-5-2-3-8-17(13)20-18(21)14-6-4-7-16(9-14)22-10-15-11-23-12-19-15/h4,6-7,9,11-13,17H,2-3,5,8,10H2,1H3,(H,20,21)/t13-,17-/m0/s1. The molecule has 1 heterocycles. The van der Waals surface area contributed by atoms with Gasteiger partial charge in [0.05, 0.1) is 11.2 Å². The number of hydrogen-bond donors (Lipinski definition) is 1. The molecule has 1 fully saturated rings. The van der Waals surface area contributed by atoms with Crippen molar-refractivity contribution in [2.24, 2.45) is 5.92 Å². The maximum atomic E-state index is 12.5. The van der Waals surface area contributed by atoms with Crippen molar-refractivity contribution in [3.05, 3.63) is 46.4 Å². The van der Waals surface area contributed by atoms with Crippen molar-refractivity contribution in [2.75, 3.05) is 0 Å². The van der Waals surface area contributed by atoms with Crippen molar-refractivity contribution in [3.63, 3.8) is 0 Å². The number of ether oxygens (including phenoxy) is 1. The lowest BCUT2D eigenvalue weighted by molar-refractivity contribution is 0.0910. The van der Waals surface area contributed by atoms with Gasteiger partial charge in [-0.1, -0.05) is 25.8 Å². The molecule has 0 aliphatic heterocycles. The van der Waals surface area contributed by atoms with Crippen LogP contribution in [-0.2, 0) is 6.61 Å². The Bertz CT molecular complexity index is 642. The van der Waals surface area contributed by atoms with Gasteiger partial charge in [0.25, 0.3) is 5.91 Å². The molecule has 0 spiro atoms. The summed E-state index contributed by atoms with van der Waals surface area (Å²) in [7, 11) is 0. The van der Waals surface area contributed by atoms with E-state index in [9.17, 15) is 4.79 Å². The van der Waals surface area contributed by atoms with Crippen LogP contribution in [0.4, 0.5) is 0 Å². The van der Waals surface area contributed by atoms with E-state index >= 15 is 0 Å². The Hall–Kier alpha value is -1.88. The molecule has 1 aromatic carbocycles. The summed E-state index contributed by atoms with van der Waals surface area (Å²) < 4.78 is 5.72. The molecule has 1 saturated carbocycles. The predicted molar refractivity (Wildman–Crippen MR) is 91.8 cm³/mol. The fourth-order valence-corrected chi connectivity index (χ4v) is 3.52. The average Bonchev–Trinajstić information content (AvgIpc) is 3.09. The molecule has 0 radical (unpaired) electrons. The second kappa shape index (κ2) is 7.59. The van der Waals surface area contributed by atoms with Gasteiger partial charge in [0, 0.05) is 17.0 Å². The van der Waals surface area contributed by atoms with E-state index in [1.54, 1.807) is 22.9 Å². The van der Waals surface area contributed by atoms with E-state index < -0.39 is 0 Å². The molecule has 2 aromatic rings. The normalized spacial score (nSPS) is 20.9. The lowest BCUT2D eigenvalue weighted by Gasteiger charge is -2.29. The van der Waals surface area contributed by atoms with E-state index in [1.807, 2.05) is 23.6 Å². The van der Waals surface area contributed by atoms with Crippen LogP contribution in [0.1, 0.15) is 48.7 Å². The maximum absolute atomic E-state index is 12.5. The van der Waals surface area contributed by atoms with Crippen molar-refractivity contribution >= 4 is 17.2 Å². The first-order chi connectivity index (χ1) is 11.2. The molecule has 0 bridgehead atoms. The van der Waals surface area contributed by atoms with Gasteiger partial charge in [0.1, 0.15) is 12.4 Å². The van der Waals surface area contributed by atoms with Crippen LogP contribution in [0.3, 0.4) is 0 Å². The summed E-state index contributed by atoms with van der Waals surface area (Å²) in [4.78, 5) is 16.7. The summed E-state index contributed by atoms with van der Waals surface area (Å²) >= 11 is 1.55. The Morgan fingerprint density at radius 3 is 3.04 bits per heavy atom. The molecule has 1 aliphatic rings. The second-order valence-corrected chi connectivity index (χ2v) is 6.86. The average molecular weight is 330 g/mol. The number of nitrogens with zero attached hydrogens (tertiary/aromatic N) is 1. The third-order valence-electron chi connectivity index (χ3n) is 4.39. The molecular formula is C18H22N2O2S. The van der Waals surface area contributed by atoms with Crippen molar-refractivity contribution in [1.82, 2.24) is 10.3 Å².